The van der Waals surface area contributed by atoms with E-state index in [9.17, 15) is 4.79 Å². The molecule has 1 aliphatic heterocycles. The van der Waals surface area contributed by atoms with Crippen molar-refractivity contribution in [2.24, 2.45) is 0 Å². The highest BCUT2D eigenvalue weighted by molar-refractivity contribution is 8.17. The number of hydrogen-bond acceptors (Lipinski definition) is 7. The van der Waals surface area contributed by atoms with Gasteiger partial charge in [-0.15, -0.1) is 35.3 Å². The topological polar surface area (TPSA) is 48.0 Å². The molecule has 5 nitrogen and oxygen atoms in total. The minimum atomic E-state index is -0.766. The van der Waals surface area contributed by atoms with E-state index in [0.29, 0.717) is 12.3 Å². The molecule has 0 bridgehead atoms. The second-order valence-corrected chi connectivity index (χ2v) is 14.4. The minimum Gasteiger partial charge on any atom is -0.445 e. The van der Waals surface area contributed by atoms with E-state index < -0.39 is 5.79 Å². The molecule has 1 heterocycles. The van der Waals surface area contributed by atoms with Crippen LogP contribution in [0.25, 0.3) is 0 Å². The van der Waals surface area contributed by atoms with Crippen molar-refractivity contribution in [2.45, 2.75) is 74.4 Å². The summed E-state index contributed by atoms with van der Waals surface area (Å²) in [6.07, 6.45) is -0.884. The number of nitrogens with zero attached hydrogens (tertiary/aromatic N) is 1. The molecule has 8 heteroatoms. The van der Waals surface area contributed by atoms with Crippen LogP contribution in [0.1, 0.15) is 38.8 Å². The number of rotatable bonds is 14. The van der Waals surface area contributed by atoms with Crippen LogP contribution in [0.15, 0.2) is 95.9 Å². The van der Waals surface area contributed by atoms with Crippen molar-refractivity contribution < 1.29 is 19.0 Å². The first-order valence-corrected chi connectivity index (χ1v) is 17.3. The van der Waals surface area contributed by atoms with Gasteiger partial charge in [0.25, 0.3) is 0 Å². The molecule has 220 valence electrons. The van der Waals surface area contributed by atoms with E-state index in [4.69, 9.17) is 14.2 Å². The third-order valence-electron chi connectivity index (χ3n) is 6.67. The number of ether oxygens (including phenoxy) is 3. The first-order valence-electron chi connectivity index (χ1n) is 14.2. The van der Waals surface area contributed by atoms with Crippen LogP contribution < -0.4 is 0 Å². The van der Waals surface area contributed by atoms with Crippen molar-refractivity contribution in [1.82, 2.24) is 4.90 Å². The van der Waals surface area contributed by atoms with Crippen molar-refractivity contribution in [1.29, 1.82) is 0 Å². The zero-order chi connectivity index (χ0) is 29.1. The fourth-order valence-corrected chi connectivity index (χ4v) is 8.59. The van der Waals surface area contributed by atoms with Gasteiger partial charge in [0.05, 0.1) is 10.6 Å². The molecule has 0 unspecified atom stereocenters. The second-order valence-electron chi connectivity index (χ2n) is 10.2. The predicted molar refractivity (Wildman–Crippen MR) is 173 cm³/mol. The Hall–Kier alpha value is -2.10. The molecule has 1 aliphatic rings. The lowest BCUT2D eigenvalue weighted by molar-refractivity contribution is -0.149. The Bertz CT molecular complexity index is 1180. The summed E-state index contributed by atoms with van der Waals surface area (Å²) in [4.78, 5) is 17.0. The summed E-state index contributed by atoms with van der Waals surface area (Å²) in [6.45, 7) is 8.92. The van der Waals surface area contributed by atoms with E-state index >= 15 is 0 Å². The number of hydrogen-bond donors (Lipinski definition) is 0. The average Bonchev–Trinajstić information content (AvgIpc) is 3.31. The molecule has 1 saturated heterocycles. The summed E-state index contributed by atoms with van der Waals surface area (Å²) in [5.41, 5.74) is 1.99. The van der Waals surface area contributed by atoms with Crippen LogP contribution in [-0.4, -0.2) is 56.9 Å². The van der Waals surface area contributed by atoms with Gasteiger partial charge < -0.3 is 14.2 Å². The van der Waals surface area contributed by atoms with Crippen LogP contribution in [0.4, 0.5) is 4.79 Å². The van der Waals surface area contributed by atoms with Gasteiger partial charge in [-0.25, -0.2) is 4.79 Å². The molecule has 0 aliphatic carbocycles. The molecule has 0 radical (unpaired) electrons. The number of benzene rings is 3. The smallest absolute Gasteiger partial charge is 0.410 e. The summed E-state index contributed by atoms with van der Waals surface area (Å²) >= 11 is 5.49. The van der Waals surface area contributed by atoms with Gasteiger partial charge in [0.1, 0.15) is 18.8 Å². The fourth-order valence-electron chi connectivity index (χ4n) is 4.85. The first kappa shape index (κ1) is 31.8. The molecular weight excluding hydrogens is 571 g/mol. The summed E-state index contributed by atoms with van der Waals surface area (Å²) < 4.78 is 19.5. The second kappa shape index (κ2) is 15.9. The Kier molecular flexibility index (Phi) is 12.4. The molecule has 0 N–H and O–H groups in total. The van der Waals surface area contributed by atoms with Crippen LogP contribution in [0.2, 0.25) is 0 Å². The van der Waals surface area contributed by atoms with Crippen LogP contribution in [0.5, 0.6) is 0 Å². The van der Waals surface area contributed by atoms with Crippen molar-refractivity contribution >= 4 is 41.4 Å². The van der Waals surface area contributed by atoms with E-state index in [-0.39, 0.29) is 35.5 Å². The van der Waals surface area contributed by atoms with Crippen molar-refractivity contribution in [3.8, 4) is 0 Å². The molecular formula is C33H41NO4S3. The minimum absolute atomic E-state index is 0.180. The van der Waals surface area contributed by atoms with E-state index in [2.05, 4.69) is 38.1 Å². The SMILES string of the molecule is CCSC(SCC)[C@@H]1OC(C)(C)O[C@H]1[C@@H](CSc1ccccc1)N(Cc1ccccc1)C(=O)OCc1ccccc1. The Labute approximate surface area is 258 Å². The molecule has 0 spiro atoms. The van der Waals surface area contributed by atoms with E-state index in [1.807, 2.05) is 109 Å². The van der Waals surface area contributed by atoms with Gasteiger partial charge in [0.2, 0.25) is 0 Å². The molecule has 1 amide bonds. The van der Waals surface area contributed by atoms with E-state index in [1.54, 1.807) is 11.8 Å². The molecule has 41 heavy (non-hydrogen) atoms. The molecule has 4 rings (SSSR count). The van der Waals surface area contributed by atoms with Crippen LogP contribution >= 0.6 is 35.3 Å². The molecule has 0 aromatic heterocycles. The fraction of sp³-hybridized carbons (Fsp3) is 0.424. The van der Waals surface area contributed by atoms with E-state index in [1.165, 1.54) is 0 Å². The molecule has 3 aromatic rings. The highest BCUT2D eigenvalue weighted by Gasteiger charge is 2.51. The zero-order valence-electron chi connectivity index (χ0n) is 24.3. The maximum Gasteiger partial charge on any atom is 0.410 e. The number of carbonyl (C=O) groups excluding carboxylic acids is 1. The average molecular weight is 612 g/mol. The lowest BCUT2D eigenvalue weighted by Crippen LogP contribution is -2.53. The van der Waals surface area contributed by atoms with Gasteiger partial charge in [-0.3, -0.25) is 4.90 Å². The van der Waals surface area contributed by atoms with Gasteiger partial charge in [-0.2, -0.15) is 0 Å². The van der Waals surface area contributed by atoms with Gasteiger partial charge in [0, 0.05) is 17.2 Å². The number of carbonyl (C=O) groups is 1. The van der Waals surface area contributed by atoms with Crippen LogP contribution in [0.3, 0.4) is 0 Å². The van der Waals surface area contributed by atoms with Crippen LogP contribution in [0, 0.1) is 0 Å². The quantitative estimate of drug-likeness (QED) is 0.134. The van der Waals surface area contributed by atoms with Crippen molar-refractivity contribution in [2.75, 3.05) is 17.3 Å². The highest BCUT2D eigenvalue weighted by Crippen LogP contribution is 2.42. The van der Waals surface area contributed by atoms with Gasteiger partial charge >= 0.3 is 6.09 Å². The zero-order valence-corrected chi connectivity index (χ0v) is 26.8. The molecule has 1 fully saturated rings. The third-order valence-corrected chi connectivity index (χ3v) is 10.5. The van der Waals surface area contributed by atoms with Crippen LogP contribution in [-0.2, 0) is 27.4 Å². The monoisotopic (exact) mass is 611 g/mol. The number of thioether (sulfide) groups is 3. The summed E-state index contributed by atoms with van der Waals surface area (Å²) in [5.74, 6) is 1.82. The summed E-state index contributed by atoms with van der Waals surface area (Å²) in [6, 6.07) is 29.9. The van der Waals surface area contributed by atoms with Gasteiger partial charge in [0.15, 0.2) is 5.79 Å². The Morgan fingerprint density at radius 3 is 1.95 bits per heavy atom. The van der Waals surface area contributed by atoms with E-state index in [0.717, 1.165) is 27.5 Å². The lowest BCUT2D eigenvalue weighted by atomic mass is 10.1. The largest absolute Gasteiger partial charge is 0.445 e. The third kappa shape index (κ3) is 9.45. The Balaban J connectivity index is 1.70. The highest BCUT2D eigenvalue weighted by atomic mass is 32.2. The predicted octanol–water partition coefficient (Wildman–Crippen LogP) is 8.34. The number of amides is 1. The van der Waals surface area contributed by atoms with Gasteiger partial charge in [-0.1, -0.05) is 92.7 Å². The van der Waals surface area contributed by atoms with Crippen molar-refractivity contribution in [3.05, 3.63) is 102 Å². The Morgan fingerprint density at radius 1 is 0.829 bits per heavy atom. The maximum atomic E-state index is 14.0. The first-order chi connectivity index (χ1) is 19.9. The molecule has 3 aromatic carbocycles. The standard InChI is InChI=1S/C33H41NO4S3/c1-5-39-31(40-6-2)30-29(37-33(3,4)38-30)28(24-41-27-20-14-9-15-21-27)34(22-25-16-10-7-11-17-25)32(35)36-23-26-18-12-8-13-19-26/h7-21,28-31H,5-6,22-24H2,1-4H3/t28-,29+,30-/m1/s1. The normalized spacial score (nSPS) is 18.8. The molecule has 0 saturated carbocycles. The lowest BCUT2D eigenvalue weighted by Gasteiger charge is -2.37. The molecule has 3 atom stereocenters. The van der Waals surface area contributed by atoms with Crippen molar-refractivity contribution in [3.63, 3.8) is 0 Å². The summed E-state index contributed by atoms with van der Waals surface area (Å²) in [7, 11) is 0. The Morgan fingerprint density at radius 2 is 1.37 bits per heavy atom. The van der Waals surface area contributed by atoms with Gasteiger partial charge in [-0.05, 0) is 48.6 Å². The summed E-state index contributed by atoms with van der Waals surface area (Å²) in [5, 5.41) is 0. The maximum absolute atomic E-state index is 14.0.